The molecule has 0 radical (unpaired) electrons. The summed E-state index contributed by atoms with van der Waals surface area (Å²) in [5.41, 5.74) is 5.10. The number of benzene rings is 3. The molecule has 0 fully saturated rings. The molecule has 6 nitrogen and oxygen atoms in total. The van der Waals surface area contributed by atoms with Crippen LogP contribution in [0.25, 0.3) is 22.4 Å². The zero-order chi connectivity index (χ0) is 19.6. The average molecular weight is 379 g/mol. The highest BCUT2D eigenvalue weighted by Gasteiger charge is 2.10. The van der Waals surface area contributed by atoms with Gasteiger partial charge in [0.15, 0.2) is 0 Å². The van der Waals surface area contributed by atoms with Crippen LogP contribution in [0, 0.1) is 0 Å². The lowest BCUT2D eigenvalue weighted by molar-refractivity contribution is 0.102. The summed E-state index contributed by atoms with van der Waals surface area (Å²) in [5.74, 6) is -0.161. The van der Waals surface area contributed by atoms with Crippen LogP contribution < -0.4 is 5.32 Å². The standard InChI is InChI=1S/C23H17N5O/c29-23(26-18-8-10-19(11-9-18)27-13-12-24-15-27)17-4-3-5-20(14-17)28-16-25-21-6-1-2-7-22(21)28/h1-16H,(H,26,29). The Morgan fingerprint density at radius 3 is 2.55 bits per heavy atom. The average Bonchev–Trinajstić information content (AvgIpc) is 3.45. The molecule has 2 aromatic heterocycles. The highest BCUT2D eigenvalue weighted by molar-refractivity contribution is 6.04. The number of nitrogens with zero attached hydrogens (tertiary/aromatic N) is 4. The molecule has 0 bridgehead atoms. The van der Waals surface area contributed by atoms with Crippen molar-refractivity contribution in [3.05, 3.63) is 103 Å². The topological polar surface area (TPSA) is 64.7 Å². The molecular formula is C23H17N5O. The highest BCUT2D eigenvalue weighted by Crippen LogP contribution is 2.20. The van der Waals surface area contributed by atoms with E-state index in [1.807, 2.05) is 82.1 Å². The fourth-order valence-corrected chi connectivity index (χ4v) is 3.29. The molecule has 0 spiro atoms. The minimum absolute atomic E-state index is 0.161. The molecule has 3 aromatic carbocycles. The Morgan fingerprint density at radius 2 is 1.72 bits per heavy atom. The number of aromatic nitrogens is 4. The van der Waals surface area contributed by atoms with Crippen LogP contribution in [0.2, 0.25) is 0 Å². The van der Waals surface area contributed by atoms with Gasteiger partial charge in [0.1, 0.15) is 6.33 Å². The van der Waals surface area contributed by atoms with E-state index in [1.54, 1.807) is 24.9 Å². The van der Waals surface area contributed by atoms with Crippen molar-refractivity contribution in [2.75, 3.05) is 5.32 Å². The second kappa shape index (κ2) is 7.09. The van der Waals surface area contributed by atoms with Crippen molar-refractivity contribution in [3.63, 3.8) is 0 Å². The molecule has 0 aliphatic heterocycles. The highest BCUT2D eigenvalue weighted by atomic mass is 16.1. The second-order valence-corrected chi connectivity index (χ2v) is 6.62. The molecular weight excluding hydrogens is 362 g/mol. The van der Waals surface area contributed by atoms with E-state index in [0.29, 0.717) is 5.56 Å². The van der Waals surface area contributed by atoms with Crippen LogP contribution in [0.1, 0.15) is 10.4 Å². The maximum Gasteiger partial charge on any atom is 0.255 e. The molecule has 140 valence electrons. The molecule has 29 heavy (non-hydrogen) atoms. The molecule has 0 saturated carbocycles. The quantitative estimate of drug-likeness (QED) is 0.501. The molecule has 1 amide bonds. The summed E-state index contributed by atoms with van der Waals surface area (Å²) in [4.78, 5) is 21.2. The van der Waals surface area contributed by atoms with Crippen molar-refractivity contribution in [2.45, 2.75) is 0 Å². The number of anilines is 1. The van der Waals surface area contributed by atoms with Crippen molar-refractivity contribution in [2.24, 2.45) is 0 Å². The van der Waals surface area contributed by atoms with Crippen molar-refractivity contribution < 1.29 is 4.79 Å². The molecule has 1 N–H and O–H groups in total. The number of carbonyl (C=O) groups is 1. The smallest absolute Gasteiger partial charge is 0.255 e. The van der Waals surface area contributed by atoms with Crippen LogP contribution in [0.5, 0.6) is 0 Å². The molecule has 0 atom stereocenters. The van der Waals surface area contributed by atoms with E-state index in [1.165, 1.54) is 0 Å². The first-order valence-corrected chi connectivity index (χ1v) is 9.20. The first-order chi connectivity index (χ1) is 14.3. The maximum absolute atomic E-state index is 12.8. The second-order valence-electron chi connectivity index (χ2n) is 6.62. The molecule has 0 aliphatic rings. The van der Waals surface area contributed by atoms with Gasteiger partial charge >= 0.3 is 0 Å². The zero-order valence-electron chi connectivity index (χ0n) is 15.4. The number of fused-ring (bicyclic) bond motifs is 1. The fraction of sp³-hybridized carbons (Fsp3) is 0. The van der Waals surface area contributed by atoms with Gasteiger partial charge in [0.2, 0.25) is 0 Å². The summed E-state index contributed by atoms with van der Waals surface area (Å²) in [5, 5.41) is 2.95. The summed E-state index contributed by atoms with van der Waals surface area (Å²) in [6.45, 7) is 0. The maximum atomic E-state index is 12.8. The molecule has 6 heteroatoms. The first kappa shape index (κ1) is 16.9. The lowest BCUT2D eigenvalue weighted by Gasteiger charge is -2.09. The first-order valence-electron chi connectivity index (χ1n) is 9.20. The van der Waals surface area contributed by atoms with E-state index in [4.69, 9.17) is 0 Å². The number of hydrogen-bond donors (Lipinski definition) is 1. The number of nitrogens with one attached hydrogen (secondary N) is 1. The van der Waals surface area contributed by atoms with E-state index in [2.05, 4.69) is 15.3 Å². The van der Waals surface area contributed by atoms with Crippen LogP contribution >= 0.6 is 0 Å². The van der Waals surface area contributed by atoms with Gasteiger partial charge < -0.3 is 9.88 Å². The van der Waals surface area contributed by atoms with Crippen LogP contribution in [-0.2, 0) is 0 Å². The SMILES string of the molecule is O=C(Nc1ccc(-n2ccnc2)cc1)c1cccc(-n2cnc3ccccc32)c1. The Labute approximate surface area is 167 Å². The monoisotopic (exact) mass is 379 g/mol. The Morgan fingerprint density at radius 1 is 0.862 bits per heavy atom. The summed E-state index contributed by atoms with van der Waals surface area (Å²) >= 11 is 0. The van der Waals surface area contributed by atoms with Gasteiger partial charge in [0.05, 0.1) is 17.4 Å². The third-order valence-corrected chi connectivity index (χ3v) is 4.77. The largest absolute Gasteiger partial charge is 0.322 e. The van der Waals surface area contributed by atoms with Crippen molar-refractivity contribution in [1.29, 1.82) is 0 Å². The number of para-hydroxylation sites is 2. The zero-order valence-corrected chi connectivity index (χ0v) is 15.4. The molecule has 0 unspecified atom stereocenters. The van der Waals surface area contributed by atoms with Crippen LogP contribution in [0.3, 0.4) is 0 Å². The van der Waals surface area contributed by atoms with E-state index in [-0.39, 0.29) is 5.91 Å². The van der Waals surface area contributed by atoms with Gasteiger partial charge in [0.25, 0.3) is 5.91 Å². The molecule has 2 heterocycles. The van der Waals surface area contributed by atoms with Gasteiger partial charge in [-0.25, -0.2) is 9.97 Å². The summed E-state index contributed by atoms with van der Waals surface area (Å²) in [6.07, 6.45) is 7.11. The number of hydrogen-bond acceptors (Lipinski definition) is 3. The Bertz CT molecular complexity index is 1290. The molecule has 5 aromatic rings. The predicted octanol–water partition coefficient (Wildman–Crippen LogP) is 4.46. The lowest BCUT2D eigenvalue weighted by Crippen LogP contribution is -2.12. The van der Waals surface area contributed by atoms with Gasteiger partial charge in [-0.3, -0.25) is 9.36 Å². The van der Waals surface area contributed by atoms with E-state index < -0.39 is 0 Å². The summed E-state index contributed by atoms with van der Waals surface area (Å²) in [6, 6.07) is 23.0. The molecule has 0 aliphatic carbocycles. The normalized spacial score (nSPS) is 10.9. The predicted molar refractivity (Wildman–Crippen MR) is 113 cm³/mol. The Hall–Kier alpha value is -4.19. The van der Waals surface area contributed by atoms with E-state index in [9.17, 15) is 4.79 Å². The summed E-state index contributed by atoms with van der Waals surface area (Å²) < 4.78 is 3.89. The van der Waals surface area contributed by atoms with Crippen LogP contribution in [0.15, 0.2) is 97.8 Å². The van der Waals surface area contributed by atoms with Crippen molar-refractivity contribution in [1.82, 2.24) is 19.1 Å². The number of carbonyl (C=O) groups excluding carboxylic acids is 1. The van der Waals surface area contributed by atoms with Gasteiger partial charge in [-0.05, 0) is 54.6 Å². The van der Waals surface area contributed by atoms with Crippen molar-refractivity contribution >= 4 is 22.6 Å². The van der Waals surface area contributed by atoms with E-state index >= 15 is 0 Å². The van der Waals surface area contributed by atoms with Gasteiger partial charge in [-0.1, -0.05) is 18.2 Å². The van der Waals surface area contributed by atoms with Crippen LogP contribution in [0.4, 0.5) is 5.69 Å². The van der Waals surface area contributed by atoms with Crippen molar-refractivity contribution in [3.8, 4) is 11.4 Å². The van der Waals surface area contributed by atoms with Gasteiger partial charge in [-0.15, -0.1) is 0 Å². The third-order valence-electron chi connectivity index (χ3n) is 4.77. The fourth-order valence-electron chi connectivity index (χ4n) is 3.29. The molecule has 0 saturated heterocycles. The minimum atomic E-state index is -0.161. The number of imidazole rings is 2. The van der Waals surface area contributed by atoms with Gasteiger partial charge in [0, 0.05) is 35.0 Å². The summed E-state index contributed by atoms with van der Waals surface area (Å²) in [7, 11) is 0. The number of amides is 1. The number of rotatable bonds is 4. The molecule has 5 rings (SSSR count). The minimum Gasteiger partial charge on any atom is -0.322 e. The third kappa shape index (κ3) is 3.27. The lowest BCUT2D eigenvalue weighted by atomic mass is 10.1. The van der Waals surface area contributed by atoms with Crippen LogP contribution in [-0.4, -0.2) is 25.0 Å². The Balaban J connectivity index is 1.38. The van der Waals surface area contributed by atoms with E-state index in [0.717, 1.165) is 28.1 Å². The Kier molecular flexibility index (Phi) is 4.14. The van der Waals surface area contributed by atoms with Gasteiger partial charge in [-0.2, -0.15) is 0 Å².